The van der Waals surface area contributed by atoms with Crippen molar-refractivity contribution in [1.29, 1.82) is 0 Å². The Hall–Kier alpha value is -1.06. The van der Waals surface area contributed by atoms with Crippen LogP contribution in [0.25, 0.3) is 0 Å². The van der Waals surface area contributed by atoms with E-state index in [2.05, 4.69) is 12.2 Å². The van der Waals surface area contributed by atoms with Gasteiger partial charge in [0.1, 0.15) is 5.54 Å². The van der Waals surface area contributed by atoms with Crippen LogP contribution >= 0.6 is 12.4 Å². The summed E-state index contributed by atoms with van der Waals surface area (Å²) in [6.07, 6.45) is 4.83. The summed E-state index contributed by atoms with van der Waals surface area (Å²) < 4.78 is 0. The Morgan fingerprint density at radius 1 is 1.35 bits per heavy atom. The SMILES string of the molecule is CCCC1(CNC(=O)C(C)(N)c2ccccc2)CC1.Cl. The maximum Gasteiger partial charge on any atom is 0.244 e. The predicted octanol–water partition coefficient (Wildman–Crippen LogP) is 2.98. The van der Waals surface area contributed by atoms with Crippen LogP contribution in [0, 0.1) is 5.41 Å². The van der Waals surface area contributed by atoms with Gasteiger partial charge in [-0.15, -0.1) is 12.4 Å². The smallest absolute Gasteiger partial charge is 0.244 e. The Morgan fingerprint density at radius 3 is 2.45 bits per heavy atom. The second kappa shape index (κ2) is 6.59. The zero-order valence-corrected chi connectivity index (χ0v) is 13.1. The molecule has 1 atom stereocenters. The van der Waals surface area contributed by atoms with Gasteiger partial charge in [0.15, 0.2) is 0 Å². The minimum Gasteiger partial charge on any atom is -0.354 e. The van der Waals surface area contributed by atoms with Gasteiger partial charge in [0.25, 0.3) is 0 Å². The van der Waals surface area contributed by atoms with Crippen molar-refractivity contribution < 1.29 is 4.79 Å². The van der Waals surface area contributed by atoms with Crippen molar-refractivity contribution in [3.05, 3.63) is 35.9 Å². The molecule has 1 saturated carbocycles. The molecule has 1 aromatic rings. The van der Waals surface area contributed by atoms with Gasteiger partial charge >= 0.3 is 0 Å². The van der Waals surface area contributed by atoms with Crippen molar-refractivity contribution in [2.45, 2.75) is 45.1 Å². The topological polar surface area (TPSA) is 55.1 Å². The van der Waals surface area contributed by atoms with Crippen LogP contribution in [-0.2, 0) is 10.3 Å². The number of carbonyl (C=O) groups is 1. The maximum atomic E-state index is 12.3. The average molecular weight is 297 g/mol. The van der Waals surface area contributed by atoms with Crippen LogP contribution in [0.1, 0.15) is 45.1 Å². The third-order valence-electron chi connectivity index (χ3n) is 4.21. The van der Waals surface area contributed by atoms with Crippen molar-refractivity contribution in [3.63, 3.8) is 0 Å². The van der Waals surface area contributed by atoms with Crippen LogP contribution in [-0.4, -0.2) is 12.5 Å². The quantitative estimate of drug-likeness (QED) is 0.848. The van der Waals surface area contributed by atoms with Crippen LogP contribution in [0.3, 0.4) is 0 Å². The largest absolute Gasteiger partial charge is 0.354 e. The number of nitrogens with two attached hydrogens (primary N) is 1. The third kappa shape index (κ3) is 3.74. The third-order valence-corrected chi connectivity index (χ3v) is 4.21. The monoisotopic (exact) mass is 296 g/mol. The van der Waals surface area contributed by atoms with Crippen LogP contribution in [0.5, 0.6) is 0 Å². The fourth-order valence-electron chi connectivity index (χ4n) is 2.59. The lowest BCUT2D eigenvalue weighted by Crippen LogP contribution is -2.50. The van der Waals surface area contributed by atoms with Gasteiger partial charge in [-0.25, -0.2) is 0 Å². The number of benzene rings is 1. The Balaban J connectivity index is 0.00000200. The van der Waals surface area contributed by atoms with E-state index < -0.39 is 5.54 Å². The van der Waals surface area contributed by atoms with Crippen molar-refractivity contribution >= 4 is 18.3 Å². The van der Waals surface area contributed by atoms with Crippen molar-refractivity contribution in [2.75, 3.05) is 6.54 Å². The second-order valence-electron chi connectivity index (χ2n) is 6.00. The fraction of sp³-hybridized carbons (Fsp3) is 0.562. The van der Waals surface area contributed by atoms with E-state index in [0.29, 0.717) is 5.41 Å². The van der Waals surface area contributed by atoms with Crippen LogP contribution in [0.2, 0.25) is 0 Å². The average Bonchev–Trinajstić information content (AvgIpc) is 3.17. The van der Waals surface area contributed by atoms with Crippen molar-refractivity contribution in [2.24, 2.45) is 11.1 Å². The highest BCUT2D eigenvalue weighted by atomic mass is 35.5. The van der Waals surface area contributed by atoms with Crippen molar-refractivity contribution in [1.82, 2.24) is 5.32 Å². The molecule has 2 rings (SSSR count). The van der Waals surface area contributed by atoms with Crippen molar-refractivity contribution in [3.8, 4) is 0 Å². The first-order chi connectivity index (χ1) is 9.00. The van der Waals surface area contributed by atoms with Gasteiger partial charge in [-0.2, -0.15) is 0 Å². The van der Waals surface area contributed by atoms with E-state index in [-0.39, 0.29) is 18.3 Å². The van der Waals surface area contributed by atoms with Gasteiger partial charge in [-0.1, -0.05) is 43.7 Å². The number of hydrogen-bond donors (Lipinski definition) is 2. The minimum atomic E-state index is -0.955. The summed E-state index contributed by atoms with van der Waals surface area (Å²) in [7, 11) is 0. The number of rotatable bonds is 6. The summed E-state index contributed by atoms with van der Waals surface area (Å²) in [6, 6.07) is 9.55. The molecule has 3 nitrogen and oxygen atoms in total. The molecule has 112 valence electrons. The molecular weight excluding hydrogens is 272 g/mol. The molecule has 1 aliphatic carbocycles. The number of amides is 1. The van der Waals surface area contributed by atoms with Crippen LogP contribution in [0.4, 0.5) is 0 Å². The Labute approximate surface area is 127 Å². The Bertz CT molecular complexity index is 441. The lowest BCUT2D eigenvalue weighted by atomic mass is 9.91. The molecule has 0 aliphatic heterocycles. The zero-order valence-electron chi connectivity index (χ0n) is 12.3. The van der Waals surface area contributed by atoms with E-state index >= 15 is 0 Å². The molecule has 0 bridgehead atoms. The Kier molecular flexibility index (Phi) is 5.60. The summed E-state index contributed by atoms with van der Waals surface area (Å²) >= 11 is 0. The molecule has 0 aromatic heterocycles. The normalized spacial score (nSPS) is 18.6. The van der Waals surface area contributed by atoms with E-state index in [1.165, 1.54) is 25.7 Å². The molecule has 0 spiro atoms. The standard InChI is InChI=1S/C16H24N2O.ClH/c1-3-9-16(10-11-16)12-18-14(19)15(2,17)13-7-5-4-6-8-13;/h4-8H,3,9-12,17H2,1-2H3,(H,18,19);1H. The van der Waals surface area contributed by atoms with Gasteiger partial charge in [0.2, 0.25) is 5.91 Å². The van der Waals surface area contributed by atoms with E-state index in [1.807, 2.05) is 30.3 Å². The van der Waals surface area contributed by atoms with Gasteiger partial charge < -0.3 is 11.1 Å². The van der Waals surface area contributed by atoms with E-state index in [4.69, 9.17) is 5.73 Å². The minimum absolute atomic E-state index is 0. The van der Waals surface area contributed by atoms with E-state index in [9.17, 15) is 4.79 Å². The van der Waals surface area contributed by atoms with Crippen LogP contribution in [0.15, 0.2) is 30.3 Å². The molecule has 1 unspecified atom stereocenters. The lowest BCUT2D eigenvalue weighted by Gasteiger charge is -2.25. The van der Waals surface area contributed by atoms with E-state index in [0.717, 1.165) is 12.1 Å². The first kappa shape index (κ1) is 17.0. The predicted molar refractivity (Wildman–Crippen MR) is 84.8 cm³/mol. The molecule has 4 heteroatoms. The molecule has 1 fully saturated rings. The molecule has 1 amide bonds. The van der Waals surface area contributed by atoms with Gasteiger partial charge in [0.05, 0.1) is 0 Å². The zero-order chi connectivity index (χ0) is 13.9. The molecule has 0 saturated heterocycles. The molecule has 1 aliphatic rings. The van der Waals surface area contributed by atoms with Gasteiger partial charge in [-0.05, 0) is 37.2 Å². The highest BCUT2D eigenvalue weighted by molar-refractivity contribution is 5.87. The number of halogens is 1. The molecule has 0 radical (unpaired) electrons. The molecular formula is C16H25ClN2O. The molecule has 1 aromatic carbocycles. The highest BCUT2D eigenvalue weighted by Gasteiger charge is 2.42. The summed E-state index contributed by atoms with van der Waals surface area (Å²) in [5, 5.41) is 3.05. The molecule has 20 heavy (non-hydrogen) atoms. The lowest BCUT2D eigenvalue weighted by molar-refractivity contribution is -0.126. The van der Waals surface area contributed by atoms with E-state index in [1.54, 1.807) is 6.92 Å². The summed E-state index contributed by atoms with van der Waals surface area (Å²) in [4.78, 5) is 12.3. The number of nitrogens with one attached hydrogen (secondary N) is 1. The van der Waals surface area contributed by atoms with Gasteiger partial charge in [-0.3, -0.25) is 4.79 Å². The Morgan fingerprint density at radius 2 is 1.95 bits per heavy atom. The molecule has 3 N–H and O–H groups in total. The maximum absolute atomic E-state index is 12.3. The number of carbonyl (C=O) groups excluding carboxylic acids is 1. The number of hydrogen-bond acceptors (Lipinski definition) is 2. The fourth-order valence-corrected chi connectivity index (χ4v) is 2.59. The first-order valence-electron chi connectivity index (χ1n) is 7.13. The summed E-state index contributed by atoms with van der Waals surface area (Å²) in [6.45, 7) is 4.73. The second-order valence-corrected chi connectivity index (χ2v) is 6.00. The summed E-state index contributed by atoms with van der Waals surface area (Å²) in [5.41, 5.74) is 6.45. The van der Waals surface area contributed by atoms with Crippen LogP contribution < -0.4 is 11.1 Å². The van der Waals surface area contributed by atoms with Gasteiger partial charge in [0, 0.05) is 6.54 Å². The molecule has 0 heterocycles. The first-order valence-corrected chi connectivity index (χ1v) is 7.13. The summed E-state index contributed by atoms with van der Waals surface area (Å²) in [5.74, 6) is -0.0823. The highest BCUT2D eigenvalue weighted by Crippen LogP contribution is 2.49.